The Bertz CT molecular complexity index is 388. The van der Waals surface area contributed by atoms with Crippen molar-refractivity contribution in [1.82, 2.24) is 10.2 Å². The van der Waals surface area contributed by atoms with Gasteiger partial charge < -0.3 is 10.4 Å². The van der Waals surface area contributed by atoms with Crippen LogP contribution in [-0.2, 0) is 6.54 Å². The Morgan fingerprint density at radius 2 is 1.95 bits per heavy atom. The molecular weight excluding hydrogens is 272 g/mol. The number of aliphatic hydroxyl groups excluding tert-OH is 1. The maximum absolute atomic E-state index is 8.93. The van der Waals surface area contributed by atoms with E-state index in [2.05, 4.69) is 29.3 Å². The second-order valence-electron chi connectivity index (χ2n) is 5.76. The first-order valence-electron chi connectivity index (χ1n) is 7.51. The predicted molar refractivity (Wildman–Crippen MR) is 84.1 cm³/mol. The largest absolute Gasteiger partial charge is 0.396 e. The molecule has 1 atom stereocenters. The second kappa shape index (κ2) is 7.99. The van der Waals surface area contributed by atoms with Crippen LogP contribution in [-0.4, -0.2) is 41.8 Å². The standard InChI is InChI=1S/C16H25ClN2O/c1-13(8-11-20)18-16-6-9-19(10-7-16)12-14-2-4-15(17)5-3-14/h2-5,13,16,18,20H,6-12H2,1H3. The third-order valence-electron chi connectivity index (χ3n) is 3.99. The number of halogens is 1. The van der Waals surface area contributed by atoms with Gasteiger partial charge in [0, 0.05) is 30.3 Å². The van der Waals surface area contributed by atoms with Crippen molar-refractivity contribution in [2.45, 2.75) is 44.8 Å². The molecule has 1 aliphatic heterocycles. The van der Waals surface area contributed by atoms with E-state index in [1.165, 1.54) is 18.4 Å². The zero-order chi connectivity index (χ0) is 14.4. The molecule has 2 rings (SSSR count). The molecule has 1 unspecified atom stereocenters. The van der Waals surface area contributed by atoms with E-state index in [-0.39, 0.29) is 6.61 Å². The lowest BCUT2D eigenvalue weighted by atomic mass is 10.0. The fourth-order valence-corrected chi connectivity index (χ4v) is 2.91. The molecule has 1 saturated heterocycles. The van der Waals surface area contributed by atoms with E-state index >= 15 is 0 Å². The average Bonchev–Trinajstić information content (AvgIpc) is 2.44. The van der Waals surface area contributed by atoms with Crippen LogP contribution in [0.3, 0.4) is 0 Å². The molecule has 0 aromatic heterocycles. The molecule has 1 aromatic carbocycles. The minimum Gasteiger partial charge on any atom is -0.396 e. The smallest absolute Gasteiger partial charge is 0.0445 e. The molecule has 20 heavy (non-hydrogen) atoms. The Balaban J connectivity index is 1.72. The highest BCUT2D eigenvalue weighted by Gasteiger charge is 2.20. The Morgan fingerprint density at radius 1 is 1.30 bits per heavy atom. The summed E-state index contributed by atoms with van der Waals surface area (Å²) in [6.45, 7) is 5.69. The van der Waals surface area contributed by atoms with Gasteiger partial charge >= 0.3 is 0 Å². The van der Waals surface area contributed by atoms with E-state index < -0.39 is 0 Å². The number of piperidine rings is 1. The third kappa shape index (κ3) is 5.06. The first-order valence-corrected chi connectivity index (χ1v) is 7.89. The molecule has 0 amide bonds. The van der Waals surface area contributed by atoms with Gasteiger partial charge in [0.25, 0.3) is 0 Å². The minimum atomic E-state index is 0.267. The number of hydrogen-bond acceptors (Lipinski definition) is 3. The quantitative estimate of drug-likeness (QED) is 0.847. The highest BCUT2D eigenvalue weighted by Crippen LogP contribution is 2.16. The number of aliphatic hydroxyl groups is 1. The van der Waals surface area contributed by atoms with Gasteiger partial charge in [-0.25, -0.2) is 0 Å². The van der Waals surface area contributed by atoms with Crippen molar-refractivity contribution in [2.75, 3.05) is 19.7 Å². The Hall–Kier alpha value is -0.610. The van der Waals surface area contributed by atoms with Crippen molar-refractivity contribution in [3.8, 4) is 0 Å². The summed E-state index contributed by atoms with van der Waals surface area (Å²) >= 11 is 5.91. The van der Waals surface area contributed by atoms with Crippen LogP contribution in [0, 0.1) is 0 Å². The van der Waals surface area contributed by atoms with Gasteiger partial charge in [0.2, 0.25) is 0 Å². The van der Waals surface area contributed by atoms with Crippen LogP contribution < -0.4 is 5.32 Å². The normalized spacial score (nSPS) is 19.1. The number of likely N-dealkylation sites (tertiary alicyclic amines) is 1. The lowest BCUT2D eigenvalue weighted by Gasteiger charge is -2.34. The van der Waals surface area contributed by atoms with Gasteiger partial charge in [-0.2, -0.15) is 0 Å². The zero-order valence-corrected chi connectivity index (χ0v) is 12.9. The Labute approximate surface area is 126 Å². The number of rotatable bonds is 6. The van der Waals surface area contributed by atoms with Gasteiger partial charge in [0.15, 0.2) is 0 Å². The SMILES string of the molecule is CC(CCO)NC1CCN(Cc2ccc(Cl)cc2)CC1. The molecule has 3 nitrogen and oxygen atoms in total. The van der Waals surface area contributed by atoms with E-state index in [9.17, 15) is 0 Å². The molecule has 1 fully saturated rings. The topological polar surface area (TPSA) is 35.5 Å². The molecule has 112 valence electrons. The van der Waals surface area contributed by atoms with E-state index in [0.717, 1.165) is 31.1 Å². The summed E-state index contributed by atoms with van der Waals surface area (Å²) < 4.78 is 0. The van der Waals surface area contributed by atoms with Crippen LogP contribution in [0.5, 0.6) is 0 Å². The molecule has 1 heterocycles. The highest BCUT2D eigenvalue weighted by molar-refractivity contribution is 6.30. The van der Waals surface area contributed by atoms with Gasteiger partial charge in [-0.05, 0) is 57.0 Å². The van der Waals surface area contributed by atoms with Crippen molar-refractivity contribution in [3.63, 3.8) is 0 Å². The maximum atomic E-state index is 8.93. The molecular formula is C16H25ClN2O. The molecule has 0 saturated carbocycles. The van der Waals surface area contributed by atoms with Gasteiger partial charge in [-0.15, -0.1) is 0 Å². The third-order valence-corrected chi connectivity index (χ3v) is 4.24. The molecule has 4 heteroatoms. The summed E-state index contributed by atoms with van der Waals surface area (Å²) in [5, 5.41) is 13.3. The van der Waals surface area contributed by atoms with E-state index in [4.69, 9.17) is 16.7 Å². The van der Waals surface area contributed by atoms with Crippen LogP contribution in [0.1, 0.15) is 31.7 Å². The number of nitrogens with one attached hydrogen (secondary N) is 1. The van der Waals surface area contributed by atoms with E-state index in [0.29, 0.717) is 12.1 Å². The first kappa shape index (κ1) is 15.8. The first-order chi connectivity index (χ1) is 9.67. The van der Waals surface area contributed by atoms with Crippen LogP contribution in [0.4, 0.5) is 0 Å². The summed E-state index contributed by atoms with van der Waals surface area (Å²) in [6, 6.07) is 9.14. The lowest BCUT2D eigenvalue weighted by molar-refractivity contribution is 0.179. The summed E-state index contributed by atoms with van der Waals surface area (Å²) in [7, 11) is 0. The second-order valence-corrected chi connectivity index (χ2v) is 6.19. The number of nitrogens with zero attached hydrogens (tertiary/aromatic N) is 1. The monoisotopic (exact) mass is 296 g/mol. The predicted octanol–water partition coefficient (Wildman–Crippen LogP) is 2.66. The van der Waals surface area contributed by atoms with Crippen molar-refractivity contribution in [3.05, 3.63) is 34.9 Å². The summed E-state index contributed by atoms with van der Waals surface area (Å²) in [5.41, 5.74) is 1.33. The zero-order valence-electron chi connectivity index (χ0n) is 12.2. The highest BCUT2D eigenvalue weighted by atomic mass is 35.5. The molecule has 0 aliphatic carbocycles. The van der Waals surface area contributed by atoms with Crippen LogP contribution in [0.15, 0.2) is 24.3 Å². The summed E-state index contributed by atoms with van der Waals surface area (Å²) in [6.07, 6.45) is 3.21. The van der Waals surface area contributed by atoms with E-state index in [1.807, 2.05) is 12.1 Å². The molecule has 0 bridgehead atoms. The van der Waals surface area contributed by atoms with Crippen LogP contribution >= 0.6 is 11.6 Å². The molecule has 0 spiro atoms. The summed E-state index contributed by atoms with van der Waals surface area (Å²) in [5.74, 6) is 0. The van der Waals surface area contributed by atoms with Gasteiger partial charge in [-0.1, -0.05) is 23.7 Å². The molecule has 1 aromatic rings. The van der Waals surface area contributed by atoms with Crippen LogP contribution in [0.25, 0.3) is 0 Å². The number of hydrogen-bond donors (Lipinski definition) is 2. The van der Waals surface area contributed by atoms with Crippen LogP contribution in [0.2, 0.25) is 5.02 Å². The van der Waals surface area contributed by atoms with Crippen molar-refractivity contribution < 1.29 is 5.11 Å². The fourth-order valence-electron chi connectivity index (χ4n) is 2.79. The maximum Gasteiger partial charge on any atom is 0.0445 e. The summed E-state index contributed by atoms with van der Waals surface area (Å²) in [4.78, 5) is 2.50. The van der Waals surface area contributed by atoms with E-state index in [1.54, 1.807) is 0 Å². The minimum absolute atomic E-state index is 0.267. The molecule has 0 radical (unpaired) electrons. The van der Waals surface area contributed by atoms with Gasteiger partial charge in [0.05, 0.1) is 0 Å². The van der Waals surface area contributed by atoms with Crippen molar-refractivity contribution >= 4 is 11.6 Å². The van der Waals surface area contributed by atoms with Gasteiger partial charge in [0.1, 0.15) is 0 Å². The Morgan fingerprint density at radius 3 is 2.55 bits per heavy atom. The number of benzene rings is 1. The fraction of sp³-hybridized carbons (Fsp3) is 0.625. The average molecular weight is 297 g/mol. The van der Waals surface area contributed by atoms with Crippen molar-refractivity contribution in [1.29, 1.82) is 0 Å². The lowest BCUT2D eigenvalue weighted by Crippen LogP contribution is -2.45. The molecule has 2 N–H and O–H groups in total. The van der Waals surface area contributed by atoms with Gasteiger partial charge in [-0.3, -0.25) is 4.90 Å². The van der Waals surface area contributed by atoms with Crippen molar-refractivity contribution in [2.24, 2.45) is 0 Å². The Kier molecular flexibility index (Phi) is 6.30. The molecule has 1 aliphatic rings.